The average molecular weight is 265 g/mol. The van der Waals surface area contributed by atoms with Crippen LogP contribution in [0.25, 0.3) is 0 Å². The quantitative estimate of drug-likeness (QED) is 0.607. The molecule has 0 fully saturated rings. The lowest BCUT2D eigenvalue weighted by atomic mass is 10.2. The van der Waals surface area contributed by atoms with Gasteiger partial charge in [0, 0.05) is 11.2 Å². The Labute approximate surface area is 111 Å². The van der Waals surface area contributed by atoms with Gasteiger partial charge < -0.3 is 4.74 Å². The lowest BCUT2D eigenvalue weighted by Crippen LogP contribution is -2.17. The van der Waals surface area contributed by atoms with Crippen LogP contribution in [0.1, 0.15) is 12.5 Å². The van der Waals surface area contributed by atoms with Crippen molar-refractivity contribution >= 4 is 23.8 Å². The van der Waals surface area contributed by atoms with Crippen LogP contribution in [0.4, 0.5) is 0 Å². The third-order valence-corrected chi connectivity index (χ3v) is 2.52. The smallest absolute Gasteiger partial charge is 0.328 e. The molecule has 0 aliphatic rings. The molecule has 0 amide bonds. The van der Waals surface area contributed by atoms with E-state index < -0.39 is 11.9 Å². The highest BCUT2D eigenvalue weighted by molar-refractivity contribution is 6.31. The van der Waals surface area contributed by atoms with E-state index >= 15 is 0 Å². The predicted molar refractivity (Wildman–Crippen MR) is 69.4 cm³/mol. The molecule has 1 aromatic rings. The molecule has 0 unspecified atom stereocenters. The van der Waals surface area contributed by atoms with Crippen LogP contribution in [0.2, 0.25) is 5.02 Å². The fourth-order valence-electron chi connectivity index (χ4n) is 1.26. The normalized spacial score (nSPS) is 12.1. The van der Waals surface area contributed by atoms with E-state index in [2.05, 4.69) is 4.99 Å². The van der Waals surface area contributed by atoms with Gasteiger partial charge in [-0.05, 0) is 18.6 Å². The molecule has 1 aromatic carbocycles. The number of hydrogen-bond donors (Lipinski definition) is 0. The molecule has 0 aromatic heterocycles. The largest absolute Gasteiger partial charge is 0.465 e. The highest BCUT2D eigenvalue weighted by Gasteiger charge is 2.15. The second kappa shape index (κ2) is 7.46. The van der Waals surface area contributed by atoms with E-state index in [1.165, 1.54) is 6.21 Å². The summed E-state index contributed by atoms with van der Waals surface area (Å²) >= 11 is 5.96. The van der Waals surface area contributed by atoms with Crippen LogP contribution in [0.3, 0.4) is 0 Å². The Bertz CT molecular complexity index is 480. The van der Waals surface area contributed by atoms with Gasteiger partial charge >= 0.3 is 5.97 Å². The summed E-state index contributed by atoms with van der Waals surface area (Å²) in [5.74, 6) is -1.55. The van der Waals surface area contributed by atoms with Crippen LogP contribution >= 0.6 is 11.6 Å². The highest BCUT2D eigenvalue weighted by Crippen LogP contribution is 2.15. The van der Waals surface area contributed by atoms with E-state index in [0.29, 0.717) is 11.6 Å². The molecule has 1 rings (SSSR count). The molecule has 0 saturated heterocycles. The van der Waals surface area contributed by atoms with Crippen molar-refractivity contribution in [3.05, 3.63) is 34.9 Å². The Balaban J connectivity index is 2.62. The van der Waals surface area contributed by atoms with Crippen molar-refractivity contribution in [1.29, 1.82) is 5.26 Å². The Morgan fingerprint density at radius 1 is 1.61 bits per heavy atom. The third kappa shape index (κ3) is 4.19. The van der Waals surface area contributed by atoms with Crippen LogP contribution in [0.5, 0.6) is 0 Å². The SMILES string of the molecule is CCOC(=O)[C@H](C#N)C=NCc1ccccc1Cl. The summed E-state index contributed by atoms with van der Waals surface area (Å²) in [5, 5.41) is 9.42. The maximum absolute atomic E-state index is 11.3. The number of benzene rings is 1. The molecule has 5 heteroatoms. The minimum atomic E-state index is -0.965. The molecule has 4 nitrogen and oxygen atoms in total. The molecule has 0 heterocycles. The van der Waals surface area contributed by atoms with Gasteiger partial charge in [-0.15, -0.1) is 0 Å². The van der Waals surface area contributed by atoms with Crippen molar-refractivity contribution < 1.29 is 9.53 Å². The summed E-state index contributed by atoms with van der Waals surface area (Å²) < 4.78 is 4.74. The van der Waals surface area contributed by atoms with Crippen molar-refractivity contribution in [1.82, 2.24) is 0 Å². The number of carbonyl (C=O) groups excluding carboxylic acids is 1. The summed E-state index contributed by atoms with van der Waals surface area (Å²) in [4.78, 5) is 15.4. The average Bonchev–Trinajstić information content (AvgIpc) is 2.37. The zero-order chi connectivity index (χ0) is 13.4. The van der Waals surface area contributed by atoms with Crippen molar-refractivity contribution in [2.75, 3.05) is 6.61 Å². The number of esters is 1. The molecule has 0 radical (unpaired) electrons. The number of hydrogen-bond acceptors (Lipinski definition) is 4. The van der Waals surface area contributed by atoms with Crippen molar-refractivity contribution in [2.45, 2.75) is 13.5 Å². The van der Waals surface area contributed by atoms with E-state index in [0.717, 1.165) is 5.56 Å². The summed E-state index contributed by atoms with van der Waals surface area (Å²) in [5.41, 5.74) is 0.843. The molecular formula is C13H13ClN2O2. The molecule has 0 saturated carbocycles. The van der Waals surface area contributed by atoms with Gasteiger partial charge in [0.1, 0.15) is 0 Å². The second-order valence-corrected chi connectivity index (χ2v) is 3.85. The van der Waals surface area contributed by atoms with Crippen LogP contribution in [-0.4, -0.2) is 18.8 Å². The molecule has 0 bridgehead atoms. The lowest BCUT2D eigenvalue weighted by molar-refractivity contribution is -0.143. The Morgan fingerprint density at radius 2 is 2.33 bits per heavy atom. The minimum Gasteiger partial charge on any atom is -0.465 e. The van der Waals surface area contributed by atoms with Crippen molar-refractivity contribution in [3.63, 3.8) is 0 Å². The summed E-state index contributed by atoms with van der Waals surface area (Å²) in [7, 11) is 0. The molecule has 0 aliphatic carbocycles. The predicted octanol–water partition coefficient (Wildman–Crippen LogP) is 2.61. The van der Waals surface area contributed by atoms with E-state index in [-0.39, 0.29) is 6.61 Å². The first-order valence-corrected chi connectivity index (χ1v) is 5.86. The van der Waals surface area contributed by atoms with Gasteiger partial charge in [0.15, 0.2) is 5.92 Å². The number of aliphatic imine (C=N–C) groups is 1. The topological polar surface area (TPSA) is 62.5 Å². The first-order chi connectivity index (χ1) is 8.69. The Morgan fingerprint density at radius 3 is 2.94 bits per heavy atom. The molecule has 18 heavy (non-hydrogen) atoms. The van der Waals surface area contributed by atoms with E-state index in [1.54, 1.807) is 13.0 Å². The molecule has 0 spiro atoms. The van der Waals surface area contributed by atoms with Crippen molar-refractivity contribution in [3.8, 4) is 6.07 Å². The molecule has 1 atom stereocenters. The number of rotatable bonds is 5. The van der Waals surface area contributed by atoms with Crippen LogP contribution in [0.15, 0.2) is 29.3 Å². The first-order valence-electron chi connectivity index (χ1n) is 5.48. The summed E-state index contributed by atoms with van der Waals surface area (Å²) in [6.45, 7) is 2.26. The van der Waals surface area contributed by atoms with E-state index in [9.17, 15) is 4.79 Å². The maximum Gasteiger partial charge on any atom is 0.328 e. The van der Waals surface area contributed by atoms with Crippen LogP contribution < -0.4 is 0 Å². The fraction of sp³-hybridized carbons (Fsp3) is 0.308. The van der Waals surface area contributed by atoms with Gasteiger partial charge in [-0.3, -0.25) is 9.79 Å². The molecule has 94 valence electrons. The third-order valence-electron chi connectivity index (χ3n) is 2.15. The molecular weight excluding hydrogens is 252 g/mol. The fourth-order valence-corrected chi connectivity index (χ4v) is 1.46. The first kappa shape index (κ1) is 14.2. The number of halogens is 1. The molecule has 0 aliphatic heterocycles. The number of nitriles is 1. The zero-order valence-corrected chi connectivity index (χ0v) is 10.7. The van der Waals surface area contributed by atoms with E-state index in [4.69, 9.17) is 21.6 Å². The number of ether oxygens (including phenoxy) is 1. The Hall–Kier alpha value is -1.86. The van der Waals surface area contributed by atoms with Gasteiger partial charge in [-0.25, -0.2) is 0 Å². The minimum absolute atomic E-state index is 0.245. The second-order valence-electron chi connectivity index (χ2n) is 3.44. The molecule has 0 N–H and O–H groups in total. The van der Waals surface area contributed by atoms with Gasteiger partial charge in [0.2, 0.25) is 0 Å². The van der Waals surface area contributed by atoms with Crippen LogP contribution in [0, 0.1) is 17.2 Å². The van der Waals surface area contributed by atoms with Gasteiger partial charge in [-0.2, -0.15) is 5.26 Å². The van der Waals surface area contributed by atoms with Gasteiger partial charge in [0.05, 0.1) is 19.2 Å². The van der Waals surface area contributed by atoms with Gasteiger partial charge in [0.25, 0.3) is 0 Å². The number of nitrogens with zero attached hydrogens (tertiary/aromatic N) is 2. The highest BCUT2D eigenvalue weighted by atomic mass is 35.5. The monoisotopic (exact) mass is 264 g/mol. The summed E-state index contributed by atoms with van der Waals surface area (Å²) in [6, 6.07) is 9.11. The van der Waals surface area contributed by atoms with Crippen LogP contribution in [-0.2, 0) is 16.1 Å². The van der Waals surface area contributed by atoms with E-state index in [1.807, 2.05) is 24.3 Å². The maximum atomic E-state index is 11.3. The van der Waals surface area contributed by atoms with Gasteiger partial charge in [-0.1, -0.05) is 29.8 Å². The summed E-state index contributed by atoms with van der Waals surface area (Å²) in [6.07, 6.45) is 1.29. The standard InChI is InChI=1S/C13H13ClN2O2/c1-2-18-13(17)11(7-15)9-16-8-10-5-3-4-6-12(10)14/h3-6,9,11H,2,8H2,1H3/t11-/m1/s1. The lowest BCUT2D eigenvalue weighted by Gasteiger charge is -2.03. The zero-order valence-electron chi connectivity index (χ0n) is 9.97. The Kier molecular flexibility index (Phi) is 5.89. The van der Waals surface area contributed by atoms with Crippen molar-refractivity contribution in [2.24, 2.45) is 10.9 Å². The number of carbonyl (C=O) groups is 1.